The molecule has 0 spiro atoms. The predicted molar refractivity (Wildman–Crippen MR) is 106 cm³/mol. The van der Waals surface area contributed by atoms with Gasteiger partial charge in [-0.3, -0.25) is 9.59 Å². The summed E-state index contributed by atoms with van der Waals surface area (Å²) in [6.07, 6.45) is 5.37. The van der Waals surface area contributed by atoms with Gasteiger partial charge in [-0.25, -0.2) is 0 Å². The lowest BCUT2D eigenvalue weighted by molar-refractivity contribution is -0.157. The van der Waals surface area contributed by atoms with E-state index in [0.29, 0.717) is 42.5 Å². The highest BCUT2D eigenvalue weighted by Crippen LogP contribution is 2.31. The van der Waals surface area contributed by atoms with E-state index in [-0.39, 0.29) is 17.7 Å². The van der Waals surface area contributed by atoms with Crippen molar-refractivity contribution in [3.05, 3.63) is 33.8 Å². The molecule has 0 bridgehead atoms. The Morgan fingerprint density at radius 2 is 1.93 bits per heavy atom. The Morgan fingerprint density at radius 3 is 2.63 bits per heavy atom. The Balaban J connectivity index is 1.56. The van der Waals surface area contributed by atoms with E-state index in [2.05, 4.69) is 5.32 Å². The number of hydrogen-bond donors (Lipinski definition) is 2. The average molecular weight is 413 g/mol. The van der Waals surface area contributed by atoms with Crippen molar-refractivity contribution in [1.29, 1.82) is 0 Å². The van der Waals surface area contributed by atoms with E-state index < -0.39 is 5.60 Å². The molecule has 5 nitrogen and oxygen atoms in total. The van der Waals surface area contributed by atoms with Gasteiger partial charge in [-0.05, 0) is 43.4 Å². The van der Waals surface area contributed by atoms with Gasteiger partial charge in [-0.15, -0.1) is 0 Å². The van der Waals surface area contributed by atoms with E-state index >= 15 is 0 Å². The summed E-state index contributed by atoms with van der Waals surface area (Å²) in [5.41, 5.74) is -0.442. The summed E-state index contributed by atoms with van der Waals surface area (Å²) in [5.74, 6) is -0.560. The van der Waals surface area contributed by atoms with Gasteiger partial charge in [0.1, 0.15) is 5.60 Å². The Morgan fingerprint density at radius 1 is 1.19 bits per heavy atom. The second-order valence-electron chi connectivity index (χ2n) is 7.64. The average Bonchev–Trinajstić information content (AvgIpc) is 2.67. The second kappa shape index (κ2) is 8.80. The molecule has 2 aliphatic rings. The molecule has 3 rings (SSSR count). The van der Waals surface area contributed by atoms with Gasteiger partial charge in [0.2, 0.25) is 5.91 Å². The summed E-state index contributed by atoms with van der Waals surface area (Å²) in [6.45, 7) is 1.29. The van der Waals surface area contributed by atoms with E-state index in [1.165, 1.54) is 0 Å². The number of nitrogens with zero attached hydrogens (tertiary/aromatic N) is 1. The molecule has 1 atom stereocenters. The van der Waals surface area contributed by atoms with Crippen molar-refractivity contribution in [1.82, 2.24) is 10.2 Å². The molecule has 2 amide bonds. The Kier molecular flexibility index (Phi) is 6.66. The van der Waals surface area contributed by atoms with Gasteiger partial charge in [-0.1, -0.05) is 48.5 Å². The molecule has 0 aromatic heterocycles. The molecule has 2 N–H and O–H groups in total. The second-order valence-corrected chi connectivity index (χ2v) is 8.48. The van der Waals surface area contributed by atoms with Crippen LogP contribution in [-0.4, -0.2) is 40.5 Å². The van der Waals surface area contributed by atoms with Crippen LogP contribution in [0.5, 0.6) is 0 Å². The number of likely N-dealkylation sites (tertiary alicyclic amines) is 1. The van der Waals surface area contributed by atoms with Crippen molar-refractivity contribution in [3.8, 4) is 0 Å². The van der Waals surface area contributed by atoms with Crippen LogP contribution in [0.2, 0.25) is 10.0 Å². The number of piperidine rings is 1. The molecular weight excluding hydrogens is 387 g/mol. The maximum Gasteiger partial charge on any atom is 0.254 e. The topological polar surface area (TPSA) is 69.6 Å². The van der Waals surface area contributed by atoms with Crippen molar-refractivity contribution in [3.63, 3.8) is 0 Å². The van der Waals surface area contributed by atoms with Crippen LogP contribution < -0.4 is 5.32 Å². The molecule has 1 saturated heterocycles. The van der Waals surface area contributed by atoms with E-state index in [0.717, 1.165) is 37.7 Å². The molecule has 7 heteroatoms. The highest BCUT2D eigenvalue weighted by molar-refractivity contribution is 6.35. The minimum Gasteiger partial charge on any atom is -0.380 e. The van der Waals surface area contributed by atoms with Crippen LogP contribution in [0, 0.1) is 5.92 Å². The summed E-state index contributed by atoms with van der Waals surface area (Å²) >= 11 is 12.0. The van der Waals surface area contributed by atoms with Crippen LogP contribution in [-0.2, 0) is 16.1 Å². The minimum atomic E-state index is -1.24. The summed E-state index contributed by atoms with van der Waals surface area (Å²) in [7, 11) is 0. The summed E-state index contributed by atoms with van der Waals surface area (Å²) in [5, 5.41) is 14.7. The number of benzene rings is 1. The van der Waals surface area contributed by atoms with Crippen LogP contribution in [0.1, 0.15) is 50.5 Å². The number of halogens is 2. The molecule has 1 aromatic rings. The largest absolute Gasteiger partial charge is 0.380 e. The number of rotatable bonds is 4. The molecule has 148 valence electrons. The number of amides is 2. The highest BCUT2D eigenvalue weighted by atomic mass is 35.5. The fraction of sp³-hybridized carbons (Fsp3) is 0.600. The summed E-state index contributed by atoms with van der Waals surface area (Å²) in [6, 6.07) is 5.18. The first-order chi connectivity index (χ1) is 12.9. The molecule has 1 aromatic carbocycles. The normalized spacial score (nSPS) is 22.3. The Labute approximate surface area is 170 Å². The van der Waals surface area contributed by atoms with Gasteiger partial charge in [-0.2, -0.15) is 0 Å². The quantitative estimate of drug-likeness (QED) is 0.794. The van der Waals surface area contributed by atoms with Crippen LogP contribution in [0.4, 0.5) is 0 Å². The maximum absolute atomic E-state index is 12.8. The van der Waals surface area contributed by atoms with Crippen LogP contribution in [0.25, 0.3) is 0 Å². The van der Waals surface area contributed by atoms with Crippen molar-refractivity contribution in [2.45, 2.75) is 57.1 Å². The zero-order valence-electron chi connectivity index (χ0n) is 15.3. The Bertz CT molecular complexity index is 704. The van der Waals surface area contributed by atoms with Gasteiger partial charge in [0.05, 0.1) is 5.92 Å². The van der Waals surface area contributed by atoms with E-state index in [4.69, 9.17) is 23.2 Å². The predicted octanol–water partition coefficient (Wildman–Crippen LogP) is 3.54. The molecule has 1 heterocycles. The van der Waals surface area contributed by atoms with Crippen molar-refractivity contribution in [2.24, 2.45) is 5.92 Å². The zero-order valence-corrected chi connectivity index (χ0v) is 16.9. The lowest BCUT2D eigenvalue weighted by Gasteiger charge is -2.39. The smallest absolute Gasteiger partial charge is 0.254 e. The monoisotopic (exact) mass is 412 g/mol. The Hall–Kier alpha value is -1.30. The molecule has 0 radical (unpaired) electrons. The highest BCUT2D eigenvalue weighted by Gasteiger charge is 2.41. The van der Waals surface area contributed by atoms with Crippen molar-refractivity contribution < 1.29 is 14.7 Å². The van der Waals surface area contributed by atoms with Crippen LogP contribution >= 0.6 is 23.2 Å². The maximum atomic E-state index is 12.8. The third-order valence-corrected chi connectivity index (χ3v) is 6.21. The molecule has 27 heavy (non-hydrogen) atoms. The molecular formula is C20H26Cl2N2O3. The number of hydrogen-bond acceptors (Lipinski definition) is 3. The third-order valence-electron chi connectivity index (χ3n) is 5.63. The number of carbonyl (C=O) groups is 2. The summed E-state index contributed by atoms with van der Waals surface area (Å²) in [4.78, 5) is 27.1. The third kappa shape index (κ3) is 4.95. The first-order valence-electron chi connectivity index (χ1n) is 9.62. The molecule has 1 aliphatic carbocycles. The van der Waals surface area contributed by atoms with Gasteiger partial charge in [0, 0.05) is 29.7 Å². The molecule has 1 unspecified atom stereocenters. The van der Waals surface area contributed by atoms with Crippen molar-refractivity contribution in [2.75, 3.05) is 13.1 Å². The first-order valence-corrected chi connectivity index (χ1v) is 10.4. The van der Waals surface area contributed by atoms with E-state index in [1.807, 2.05) is 0 Å². The van der Waals surface area contributed by atoms with Gasteiger partial charge in [0.15, 0.2) is 0 Å². The first kappa shape index (κ1) is 20.4. The molecule has 1 saturated carbocycles. The van der Waals surface area contributed by atoms with Crippen LogP contribution in [0.15, 0.2) is 18.2 Å². The van der Waals surface area contributed by atoms with E-state index in [1.54, 1.807) is 23.1 Å². The number of aliphatic hydroxyl groups is 1. The minimum absolute atomic E-state index is 0.0887. The lowest BCUT2D eigenvalue weighted by atomic mass is 9.83. The zero-order chi connectivity index (χ0) is 19.4. The fourth-order valence-corrected chi connectivity index (χ4v) is 4.49. The standard InChI is InChI=1S/C20H26Cl2N2O3/c21-16-7-6-14(17(22)11-16)12-23-18(25)15-5-4-10-24(13-15)19(26)20(27)8-2-1-3-9-20/h6-7,11,15,27H,1-5,8-10,12-13H2,(H,23,25). The fourth-order valence-electron chi connectivity index (χ4n) is 4.01. The summed E-state index contributed by atoms with van der Waals surface area (Å²) < 4.78 is 0. The molecule has 2 fully saturated rings. The lowest BCUT2D eigenvalue weighted by Crippen LogP contribution is -2.54. The molecule has 1 aliphatic heterocycles. The van der Waals surface area contributed by atoms with Gasteiger partial charge < -0.3 is 15.3 Å². The SMILES string of the molecule is O=C(NCc1ccc(Cl)cc1Cl)C1CCCN(C(=O)C2(O)CCCCC2)C1. The van der Waals surface area contributed by atoms with Crippen LogP contribution in [0.3, 0.4) is 0 Å². The van der Waals surface area contributed by atoms with E-state index in [9.17, 15) is 14.7 Å². The number of nitrogens with one attached hydrogen (secondary N) is 1. The number of carbonyl (C=O) groups excluding carboxylic acids is 2. The van der Waals surface area contributed by atoms with Gasteiger partial charge in [0.25, 0.3) is 5.91 Å². The van der Waals surface area contributed by atoms with Gasteiger partial charge >= 0.3 is 0 Å². The van der Waals surface area contributed by atoms with Crippen molar-refractivity contribution >= 4 is 35.0 Å².